The summed E-state index contributed by atoms with van der Waals surface area (Å²) in [5.74, 6) is 0.0922. The van der Waals surface area contributed by atoms with Crippen LogP contribution in [0.2, 0.25) is 0 Å². The van der Waals surface area contributed by atoms with Gasteiger partial charge in [-0.05, 0) is 29.8 Å². The van der Waals surface area contributed by atoms with Gasteiger partial charge in [0.2, 0.25) is 5.91 Å². The number of nitrogens with zero attached hydrogens (tertiary/aromatic N) is 4. The molecular formula is C14H21BrN4O3. The molecule has 2 rings (SSSR count). The molecule has 1 aliphatic heterocycles. The number of rotatable bonds is 4. The Morgan fingerprint density at radius 3 is 2.45 bits per heavy atom. The molecule has 0 atom stereocenters. The number of aromatic nitrogens is 2. The van der Waals surface area contributed by atoms with Gasteiger partial charge in [-0.2, -0.15) is 5.10 Å². The molecule has 1 aromatic rings. The summed E-state index contributed by atoms with van der Waals surface area (Å²) in [5.41, 5.74) is 1.01. The number of piperazine rings is 1. The minimum atomic E-state index is -0.299. The largest absolute Gasteiger partial charge is 0.450 e. The molecule has 1 aliphatic rings. The maximum atomic E-state index is 12.2. The number of carbonyl (C=O) groups excluding carboxylic acids is 2. The number of carbonyl (C=O) groups is 2. The maximum Gasteiger partial charge on any atom is 0.409 e. The number of aryl methyl sites for hydroxylation is 1. The van der Waals surface area contributed by atoms with Crippen LogP contribution in [0.15, 0.2) is 10.7 Å². The molecule has 1 saturated heterocycles. The van der Waals surface area contributed by atoms with E-state index in [-0.39, 0.29) is 12.0 Å². The molecule has 0 saturated carbocycles. The molecule has 1 aromatic heterocycles. The van der Waals surface area contributed by atoms with Crippen LogP contribution in [0.5, 0.6) is 0 Å². The van der Waals surface area contributed by atoms with Crippen molar-refractivity contribution in [3.8, 4) is 0 Å². The lowest BCUT2D eigenvalue weighted by molar-refractivity contribution is -0.133. The highest BCUT2D eigenvalue weighted by Crippen LogP contribution is 2.15. The minimum absolute atomic E-state index is 0.0922. The third kappa shape index (κ3) is 4.00. The first-order valence-corrected chi connectivity index (χ1v) is 8.19. The van der Waals surface area contributed by atoms with Crippen molar-refractivity contribution in [2.75, 3.05) is 32.8 Å². The van der Waals surface area contributed by atoms with E-state index in [1.165, 1.54) is 0 Å². The molecule has 7 nitrogen and oxygen atoms in total. The van der Waals surface area contributed by atoms with Gasteiger partial charge in [-0.15, -0.1) is 0 Å². The molecule has 0 spiro atoms. The van der Waals surface area contributed by atoms with Crippen molar-refractivity contribution in [1.29, 1.82) is 0 Å². The predicted molar refractivity (Wildman–Crippen MR) is 84.5 cm³/mol. The van der Waals surface area contributed by atoms with Gasteiger partial charge in [0.05, 0.1) is 17.3 Å². The Morgan fingerprint density at radius 2 is 1.91 bits per heavy atom. The summed E-state index contributed by atoms with van der Waals surface area (Å²) in [4.78, 5) is 27.3. The van der Waals surface area contributed by atoms with Crippen LogP contribution in [0, 0.1) is 6.92 Å². The predicted octanol–water partition coefficient (Wildman–Crippen LogP) is 1.64. The van der Waals surface area contributed by atoms with Crippen LogP contribution in [-0.4, -0.2) is 64.4 Å². The molecule has 0 bridgehead atoms. The molecule has 2 heterocycles. The Bertz CT molecular complexity index is 538. The van der Waals surface area contributed by atoms with E-state index in [2.05, 4.69) is 21.0 Å². The molecule has 122 valence electrons. The molecule has 0 aliphatic carbocycles. The normalized spacial score (nSPS) is 15.0. The van der Waals surface area contributed by atoms with E-state index in [4.69, 9.17) is 4.74 Å². The second-order valence-corrected chi connectivity index (χ2v) is 5.97. The van der Waals surface area contributed by atoms with Crippen molar-refractivity contribution in [3.63, 3.8) is 0 Å². The topological polar surface area (TPSA) is 67.7 Å². The molecule has 2 amide bonds. The zero-order valence-electron chi connectivity index (χ0n) is 12.9. The zero-order chi connectivity index (χ0) is 16.1. The van der Waals surface area contributed by atoms with E-state index in [1.54, 1.807) is 22.9 Å². The second kappa shape index (κ2) is 7.62. The number of halogens is 1. The summed E-state index contributed by atoms with van der Waals surface area (Å²) >= 11 is 3.40. The van der Waals surface area contributed by atoms with Crippen molar-refractivity contribution in [2.45, 2.75) is 26.8 Å². The molecule has 8 heteroatoms. The van der Waals surface area contributed by atoms with Crippen molar-refractivity contribution in [2.24, 2.45) is 0 Å². The minimum Gasteiger partial charge on any atom is -0.450 e. The summed E-state index contributed by atoms with van der Waals surface area (Å²) in [5, 5.41) is 4.22. The number of hydrogen-bond acceptors (Lipinski definition) is 4. The molecule has 22 heavy (non-hydrogen) atoms. The lowest BCUT2D eigenvalue weighted by Crippen LogP contribution is -2.50. The highest BCUT2D eigenvalue weighted by atomic mass is 79.9. The second-order valence-electron chi connectivity index (χ2n) is 5.12. The van der Waals surface area contributed by atoms with E-state index >= 15 is 0 Å². The standard InChI is InChI=1S/C14H21BrN4O3/c1-3-22-14(21)18-8-6-17(7-9-18)13(20)4-5-19-11(2)12(15)10-16-19/h10H,3-9H2,1-2H3. The average Bonchev–Trinajstić information content (AvgIpc) is 2.84. The van der Waals surface area contributed by atoms with Crippen molar-refractivity contribution >= 4 is 27.9 Å². The fourth-order valence-corrected chi connectivity index (χ4v) is 2.66. The Labute approximate surface area is 138 Å². The van der Waals surface area contributed by atoms with E-state index in [9.17, 15) is 9.59 Å². The molecule has 1 fully saturated rings. The van der Waals surface area contributed by atoms with Gasteiger partial charge in [0.25, 0.3) is 0 Å². The summed E-state index contributed by atoms with van der Waals surface area (Å²) in [6.45, 7) is 6.84. The molecule has 0 radical (unpaired) electrons. The monoisotopic (exact) mass is 372 g/mol. The quantitative estimate of drug-likeness (QED) is 0.805. The SMILES string of the molecule is CCOC(=O)N1CCN(C(=O)CCn2ncc(Br)c2C)CC1. The Kier molecular flexibility index (Phi) is 5.82. The summed E-state index contributed by atoms with van der Waals surface area (Å²) in [6.07, 6.45) is 1.85. The van der Waals surface area contributed by atoms with Crippen LogP contribution in [0.4, 0.5) is 4.79 Å². The first kappa shape index (κ1) is 16.8. The molecule has 0 N–H and O–H groups in total. The fourth-order valence-electron chi connectivity index (χ4n) is 2.36. The highest BCUT2D eigenvalue weighted by molar-refractivity contribution is 9.10. The number of hydrogen-bond donors (Lipinski definition) is 0. The Balaban J connectivity index is 1.78. The van der Waals surface area contributed by atoms with Gasteiger partial charge in [0.1, 0.15) is 0 Å². The summed E-state index contributed by atoms with van der Waals surface area (Å²) < 4.78 is 7.73. The van der Waals surface area contributed by atoms with Gasteiger partial charge in [0, 0.05) is 44.8 Å². The smallest absolute Gasteiger partial charge is 0.409 e. The highest BCUT2D eigenvalue weighted by Gasteiger charge is 2.24. The van der Waals surface area contributed by atoms with E-state index in [0.29, 0.717) is 45.8 Å². The van der Waals surface area contributed by atoms with Crippen molar-refractivity contribution in [1.82, 2.24) is 19.6 Å². The van der Waals surface area contributed by atoms with E-state index in [1.807, 2.05) is 11.6 Å². The van der Waals surface area contributed by atoms with Crippen LogP contribution in [0.25, 0.3) is 0 Å². The van der Waals surface area contributed by atoms with Crippen LogP contribution in [-0.2, 0) is 16.1 Å². The first-order chi connectivity index (χ1) is 10.5. The lowest BCUT2D eigenvalue weighted by atomic mass is 10.3. The van der Waals surface area contributed by atoms with E-state index in [0.717, 1.165) is 10.2 Å². The van der Waals surface area contributed by atoms with Gasteiger partial charge in [-0.3, -0.25) is 9.48 Å². The third-order valence-electron chi connectivity index (χ3n) is 3.74. The van der Waals surface area contributed by atoms with Crippen LogP contribution < -0.4 is 0 Å². The van der Waals surface area contributed by atoms with Gasteiger partial charge >= 0.3 is 6.09 Å². The average molecular weight is 373 g/mol. The summed E-state index contributed by atoms with van der Waals surface area (Å²) in [7, 11) is 0. The van der Waals surface area contributed by atoms with Crippen LogP contribution >= 0.6 is 15.9 Å². The molecular weight excluding hydrogens is 352 g/mol. The fraction of sp³-hybridized carbons (Fsp3) is 0.643. The van der Waals surface area contributed by atoms with Gasteiger partial charge < -0.3 is 14.5 Å². The number of amides is 2. The lowest BCUT2D eigenvalue weighted by Gasteiger charge is -2.34. The Morgan fingerprint density at radius 1 is 1.27 bits per heavy atom. The molecule has 0 unspecified atom stereocenters. The van der Waals surface area contributed by atoms with Gasteiger partial charge in [-0.25, -0.2) is 4.79 Å². The Hall–Kier alpha value is -1.57. The molecule has 0 aromatic carbocycles. The van der Waals surface area contributed by atoms with Gasteiger partial charge in [0.15, 0.2) is 0 Å². The zero-order valence-corrected chi connectivity index (χ0v) is 14.5. The van der Waals surface area contributed by atoms with Crippen molar-refractivity contribution in [3.05, 3.63) is 16.4 Å². The number of ether oxygens (including phenoxy) is 1. The van der Waals surface area contributed by atoms with E-state index < -0.39 is 0 Å². The summed E-state index contributed by atoms with van der Waals surface area (Å²) in [6, 6.07) is 0. The van der Waals surface area contributed by atoms with Crippen LogP contribution in [0.3, 0.4) is 0 Å². The van der Waals surface area contributed by atoms with Gasteiger partial charge in [-0.1, -0.05) is 0 Å². The third-order valence-corrected chi connectivity index (χ3v) is 4.52. The van der Waals surface area contributed by atoms with Crippen molar-refractivity contribution < 1.29 is 14.3 Å². The van der Waals surface area contributed by atoms with Crippen LogP contribution in [0.1, 0.15) is 19.0 Å². The first-order valence-electron chi connectivity index (χ1n) is 7.40. The maximum absolute atomic E-state index is 12.2.